The number of nitrogens with one attached hydrogen (secondary N) is 2. The number of carbonyl (C=O) groups excluding carboxylic acids is 1. The Morgan fingerprint density at radius 2 is 2.04 bits per heavy atom. The number of para-hydroxylation sites is 1. The molecule has 1 aliphatic rings. The van der Waals surface area contributed by atoms with Crippen LogP contribution in [0.2, 0.25) is 0 Å². The molecule has 2 N–H and O–H groups in total. The summed E-state index contributed by atoms with van der Waals surface area (Å²) in [7, 11) is 1.67. The fourth-order valence-electron chi connectivity index (χ4n) is 2.97. The Morgan fingerprint density at radius 1 is 1.21 bits per heavy atom. The predicted molar refractivity (Wildman–Crippen MR) is 99.9 cm³/mol. The number of hydrogen-bond acceptors (Lipinski definition) is 3. The molecule has 0 radical (unpaired) electrons. The lowest BCUT2D eigenvalue weighted by Gasteiger charge is -2.22. The van der Waals surface area contributed by atoms with E-state index in [-0.39, 0.29) is 24.2 Å². The lowest BCUT2D eigenvalue weighted by molar-refractivity contribution is -0.120. The molecule has 0 spiro atoms. The van der Waals surface area contributed by atoms with Crippen molar-refractivity contribution in [2.75, 3.05) is 25.5 Å². The molecule has 0 aliphatic carbocycles. The number of anilines is 1. The Morgan fingerprint density at radius 3 is 2.79 bits per heavy atom. The standard InChI is InChI=1S/C19H22N2O2.ClH/c1-23-18-10-3-2-9-17(18)14-6-4-8-16(12-14)21-19(22)15-7-5-11-20-13-15;/h2-4,6,8-10,12,15,20H,5,7,11,13H2,1H3,(H,21,22);1H. The molecule has 1 atom stereocenters. The lowest BCUT2D eigenvalue weighted by atomic mass is 9.98. The van der Waals surface area contributed by atoms with Crippen LogP contribution >= 0.6 is 12.4 Å². The second-order valence-electron chi connectivity index (χ2n) is 5.81. The van der Waals surface area contributed by atoms with Crippen LogP contribution < -0.4 is 15.4 Å². The van der Waals surface area contributed by atoms with Crippen molar-refractivity contribution in [2.24, 2.45) is 5.92 Å². The van der Waals surface area contributed by atoms with E-state index in [1.807, 2.05) is 48.5 Å². The van der Waals surface area contributed by atoms with Gasteiger partial charge in [0.05, 0.1) is 13.0 Å². The Bertz CT molecular complexity index is 685. The maximum Gasteiger partial charge on any atom is 0.228 e. The quantitative estimate of drug-likeness (QED) is 0.887. The maximum absolute atomic E-state index is 12.4. The van der Waals surface area contributed by atoms with Gasteiger partial charge < -0.3 is 15.4 Å². The van der Waals surface area contributed by atoms with Crippen molar-refractivity contribution in [2.45, 2.75) is 12.8 Å². The molecule has 2 aromatic carbocycles. The molecule has 1 amide bonds. The van der Waals surface area contributed by atoms with Crippen LogP contribution in [0.3, 0.4) is 0 Å². The topological polar surface area (TPSA) is 50.4 Å². The molecule has 1 aliphatic heterocycles. The molecule has 3 rings (SSSR count). The van der Waals surface area contributed by atoms with Gasteiger partial charge in [0.1, 0.15) is 5.75 Å². The van der Waals surface area contributed by atoms with Crippen LogP contribution in [-0.2, 0) is 4.79 Å². The number of rotatable bonds is 4. The summed E-state index contributed by atoms with van der Waals surface area (Å²) in [5.41, 5.74) is 2.87. The number of ether oxygens (including phenoxy) is 1. The molecule has 1 fully saturated rings. The van der Waals surface area contributed by atoms with Crippen molar-refractivity contribution in [1.82, 2.24) is 5.32 Å². The van der Waals surface area contributed by atoms with Gasteiger partial charge >= 0.3 is 0 Å². The summed E-state index contributed by atoms with van der Waals surface area (Å²) in [5.74, 6) is 0.973. The summed E-state index contributed by atoms with van der Waals surface area (Å²) in [4.78, 5) is 12.4. The molecule has 0 bridgehead atoms. The minimum absolute atomic E-state index is 0. The van der Waals surface area contributed by atoms with Crippen molar-refractivity contribution in [1.29, 1.82) is 0 Å². The summed E-state index contributed by atoms with van der Waals surface area (Å²) < 4.78 is 5.42. The van der Waals surface area contributed by atoms with Gasteiger partial charge in [-0.3, -0.25) is 4.79 Å². The number of methoxy groups -OCH3 is 1. The first-order valence-corrected chi connectivity index (χ1v) is 8.03. The normalized spacial score (nSPS) is 16.8. The first-order valence-electron chi connectivity index (χ1n) is 8.03. The van der Waals surface area contributed by atoms with E-state index in [1.54, 1.807) is 7.11 Å². The van der Waals surface area contributed by atoms with E-state index in [0.29, 0.717) is 0 Å². The van der Waals surface area contributed by atoms with Crippen LogP contribution in [0.4, 0.5) is 5.69 Å². The lowest BCUT2D eigenvalue weighted by Crippen LogP contribution is -2.37. The molecular weight excluding hydrogens is 324 g/mol. The minimum atomic E-state index is 0. The number of amides is 1. The summed E-state index contributed by atoms with van der Waals surface area (Å²) in [6, 6.07) is 15.8. The van der Waals surface area contributed by atoms with Gasteiger partial charge in [0.15, 0.2) is 0 Å². The second kappa shape index (κ2) is 8.71. The Hall–Kier alpha value is -2.04. The molecule has 0 saturated carbocycles. The molecule has 1 saturated heterocycles. The van der Waals surface area contributed by atoms with Gasteiger partial charge in [-0.1, -0.05) is 30.3 Å². The molecule has 1 heterocycles. The fourth-order valence-corrected chi connectivity index (χ4v) is 2.97. The fraction of sp³-hybridized carbons (Fsp3) is 0.316. The highest BCUT2D eigenvalue weighted by Crippen LogP contribution is 2.31. The van der Waals surface area contributed by atoms with Gasteiger partial charge in [0.25, 0.3) is 0 Å². The van der Waals surface area contributed by atoms with E-state index < -0.39 is 0 Å². The average Bonchev–Trinajstić information content (AvgIpc) is 2.62. The van der Waals surface area contributed by atoms with E-state index in [0.717, 1.165) is 48.5 Å². The first-order chi connectivity index (χ1) is 11.3. The second-order valence-corrected chi connectivity index (χ2v) is 5.81. The van der Waals surface area contributed by atoms with Gasteiger partial charge in [-0.05, 0) is 43.1 Å². The molecule has 1 unspecified atom stereocenters. The van der Waals surface area contributed by atoms with E-state index in [1.165, 1.54) is 0 Å². The molecule has 2 aromatic rings. The van der Waals surface area contributed by atoms with Crippen LogP contribution in [0.15, 0.2) is 48.5 Å². The van der Waals surface area contributed by atoms with Gasteiger partial charge in [-0.25, -0.2) is 0 Å². The molecule has 0 aromatic heterocycles. The summed E-state index contributed by atoms with van der Waals surface area (Å²) >= 11 is 0. The number of piperidine rings is 1. The van der Waals surface area contributed by atoms with E-state index in [2.05, 4.69) is 10.6 Å². The zero-order valence-electron chi connectivity index (χ0n) is 13.7. The predicted octanol–water partition coefficient (Wildman–Crippen LogP) is 3.72. The Balaban J connectivity index is 0.00000208. The zero-order chi connectivity index (χ0) is 16.1. The summed E-state index contributed by atoms with van der Waals surface area (Å²) in [5, 5.41) is 6.32. The van der Waals surface area contributed by atoms with Gasteiger partial charge in [0, 0.05) is 17.8 Å². The molecule has 5 heteroatoms. The van der Waals surface area contributed by atoms with Crippen molar-refractivity contribution in [3.05, 3.63) is 48.5 Å². The maximum atomic E-state index is 12.4. The van der Waals surface area contributed by atoms with Gasteiger partial charge in [0.2, 0.25) is 5.91 Å². The van der Waals surface area contributed by atoms with Crippen molar-refractivity contribution >= 4 is 24.0 Å². The smallest absolute Gasteiger partial charge is 0.228 e. The average molecular weight is 347 g/mol. The van der Waals surface area contributed by atoms with Crippen molar-refractivity contribution in [3.63, 3.8) is 0 Å². The summed E-state index contributed by atoms with van der Waals surface area (Å²) in [6.07, 6.45) is 2.00. The van der Waals surface area contributed by atoms with Gasteiger partial charge in [-0.2, -0.15) is 0 Å². The molecule has 24 heavy (non-hydrogen) atoms. The van der Waals surface area contributed by atoms with Crippen molar-refractivity contribution < 1.29 is 9.53 Å². The Labute approximate surface area is 149 Å². The summed E-state index contributed by atoms with van der Waals surface area (Å²) in [6.45, 7) is 1.77. The van der Waals surface area contributed by atoms with E-state index in [9.17, 15) is 4.79 Å². The zero-order valence-corrected chi connectivity index (χ0v) is 14.6. The van der Waals surface area contributed by atoms with Crippen LogP contribution in [0.25, 0.3) is 11.1 Å². The highest BCUT2D eigenvalue weighted by atomic mass is 35.5. The van der Waals surface area contributed by atoms with Crippen LogP contribution in [0.5, 0.6) is 5.75 Å². The highest BCUT2D eigenvalue weighted by Gasteiger charge is 2.20. The van der Waals surface area contributed by atoms with Crippen molar-refractivity contribution in [3.8, 4) is 16.9 Å². The third-order valence-electron chi connectivity index (χ3n) is 4.22. The van der Waals surface area contributed by atoms with Crippen LogP contribution in [0, 0.1) is 5.92 Å². The number of hydrogen-bond donors (Lipinski definition) is 2. The third-order valence-corrected chi connectivity index (χ3v) is 4.22. The molecule has 128 valence electrons. The third kappa shape index (κ3) is 4.28. The largest absolute Gasteiger partial charge is 0.496 e. The molecular formula is C19H23ClN2O2. The monoisotopic (exact) mass is 346 g/mol. The number of carbonyl (C=O) groups is 1. The van der Waals surface area contributed by atoms with Crippen LogP contribution in [0.1, 0.15) is 12.8 Å². The van der Waals surface area contributed by atoms with Gasteiger partial charge in [-0.15, -0.1) is 12.4 Å². The van der Waals surface area contributed by atoms with Crippen LogP contribution in [-0.4, -0.2) is 26.1 Å². The minimum Gasteiger partial charge on any atom is -0.496 e. The Kier molecular flexibility index (Phi) is 6.64. The first kappa shape index (κ1) is 18.3. The SMILES string of the molecule is COc1ccccc1-c1cccc(NC(=O)C2CCCNC2)c1.Cl. The van der Waals surface area contributed by atoms with E-state index in [4.69, 9.17) is 4.74 Å². The number of benzene rings is 2. The highest BCUT2D eigenvalue weighted by molar-refractivity contribution is 5.93. The van der Waals surface area contributed by atoms with E-state index >= 15 is 0 Å². The molecule has 4 nitrogen and oxygen atoms in total. The number of halogens is 1.